The van der Waals surface area contributed by atoms with E-state index in [1.165, 1.54) is 56.3 Å². The van der Waals surface area contributed by atoms with Crippen molar-refractivity contribution in [2.45, 2.75) is 22.0 Å². The van der Waals surface area contributed by atoms with Crippen molar-refractivity contribution in [1.82, 2.24) is 5.32 Å². The Hall–Kier alpha value is -5.11. The van der Waals surface area contributed by atoms with E-state index in [0.717, 1.165) is 0 Å². The maximum absolute atomic E-state index is 13.6. The molecule has 238 valence electrons. The van der Waals surface area contributed by atoms with E-state index in [9.17, 15) is 22.8 Å². The van der Waals surface area contributed by atoms with Gasteiger partial charge in [0.15, 0.2) is 0 Å². The molecule has 13 heteroatoms. The highest BCUT2D eigenvalue weighted by Crippen LogP contribution is 2.28. The predicted octanol–water partition coefficient (Wildman–Crippen LogP) is 4.88. The first-order chi connectivity index (χ1) is 22.0. The van der Waals surface area contributed by atoms with Crippen LogP contribution in [0.2, 0.25) is 0 Å². The Morgan fingerprint density at radius 1 is 0.826 bits per heavy atom. The third-order valence-electron chi connectivity index (χ3n) is 6.49. The van der Waals surface area contributed by atoms with Crippen molar-refractivity contribution in [2.24, 2.45) is 5.14 Å². The number of nitrogens with two attached hydrogens (primary N) is 1. The van der Waals surface area contributed by atoms with E-state index in [-0.39, 0.29) is 16.5 Å². The first-order valence-corrected chi connectivity index (χ1v) is 16.2. The highest BCUT2D eigenvalue weighted by Gasteiger charge is 2.19. The van der Waals surface area contributed by atoms with E-state index in [1.54, 1.807) is 79.7 Å². The number of methoxy groups -OCH3 is 2. The van der Waals surface area contributed by atoms with Gasteiger partial charge >= 0.3 is 0 Å². The molecule has 4 aromatic rings. The molecular formula is C33H32N4O7S2. The summed E-state index contributed by atoms with van der Waals surface area (Å²) in [5.41, 5.74) is 1.67. The molecule has 0 spiro atoms. The van der Waals surface area contributed by atoms with Gasteiger partial charge in [0, 0.05) is 27.4 Å². The smallest absolute Gasteiger partial charge is 0.272 e. The number of hydrogen-bond acceptors (Lipinski definition) is 8. The highest BCUT2D eigenvalue weighted by molar-refractivity contribution is 8.00. The second kappa shape index (κ2) is 15.3. The lowest BCUT2D eigenvalue weighted by atomic mass is 10.1. The zero-order valence-corrected chi connectivity index (χ0v) is 26.8. The minimum Gasteiger partial charge on any atom is -0.497 e. The molecule has 4 aromatic carbocycles. The summed E-state index contributed by atoms with van der Waals surface area (Å²) in [7, 11) is -0.833. The van der Waals surface area contributed by atoms with Crippen LogP contribution in [0.15, 0.2) is 113 Å². The zero-order chi connectivity index (χ0) is 33.3. The number of primary sulfonamides is 1. The zero-order valence-electron chi connectivity index (χ0n) is 25.1. The van der Waals surface area contributed by atoms with Gasteiger partial charge in [0.2, 0.25) is 15.9 Å². The molecule has 1 atom stereocenters. The fourth-order valence-corrected chi connectivity index (χ4v) is 5.57. The Kier molecular flexibility index (Phi) is 11.2. The SMILES string of the molecule is COc1ccc(OC)c(/C=C(/NC(=O)c2ccccc2)C(=O)Nc2cccc(SC(C)C(=O)Nc3ccc(S(N)(=O)=O)cc3)c2)c1. The first-order valence-electron chi connectivity index (χ1n) is 13.8. The van der Waals surface area contributed by atoms with Crippen LogP contribution < -0.4 is 30.6 Å². The van der Waals surface area contributed by atoms with Gasteiger partial charge in [-0.25, -0.2) is 13.6 Å². The quantitative estimate of drug-likeness (QED) is 0.123. The van der Waals surface area contributed by atoms with Crippen LogP contribution >= 0.6 is 11.8 Å². The third-order valence-corrected chi connectivity index (χ3v) is 8.51. The number of anilines is 2. The summed E-state index contributed by atoms with van der Waals surface area (Å²) in [5.74, 6) is -0.392. The van der Waals surface area contributed by atoms with Crippen LogP contribution in [0.1, 0.15) is 22.8 Å². The van der Waals surface area contributed by atoms with E-state index >= 15 is 0 Å². The molecule has 1 unspecified atom stereocenters. The van der Waals surface area contributed by atoms with Crippen LogP contribution in [0.5, 0.6) is 11.5 Å². The number of rotatable bonds is 12. The molecule has 4 rings (SSSR count). The highest BCUT2D eigenvalue weighted by atomic mass is 32.2. The lowest BCUT2D eigenvalue weighted by Gasteiger charge is -2.15. The van der Waals surface area contributed by atoms with Crippen LogP contribution in [-0.2, 0) is 19.6 Å². The molecule has 0 saturated carbocycles. The molecule has 0 aliphatic heterocycles. The van der Waals surface area contributed by atoms with Gasteiger partial charge in [0.25, 0.3) is 11.8 Å². The van der Waals surface area contributed by atoms with Gasteiger partial charge in [-0.15, -0.1) is 11.8 Å². The summed E-state index contributed by atoms with van der Waals surface area (Å²) in [5, 5.41) is 12.8. The average molecular weight is 661 g/mol. The number of thioether (sulfide) groups is 1. The molecule has 3 amide bonds. The van der Waals surface area contributed by atoms with Gasteiger partial charge in [0.1, 0.15) is 17.2 Å². The molecule has 0 fully saturated rings. The van der Waals surface area contributed by atoms with Crippen molar-refractivity contribution in [2.75, 3.05) is 24.9 Å². The van der Waals surface area contributed by atoms with Crippen LogP contribution in [0.3, 0.4) is 0 Å². The lowest BCUT2D eigenvalue weighted by Crippen LogP contribution is -2.30. The summed E-state index contributed by atoms with van der Waals surface area (Å²) in [6.07, 6.45) is 1.50. The third kappa shape index (κ3) is 9.20. The molecule has 0 aliphatic rings. The summed E-state index contributed by atoms with van der Waals surface area (Å²) < 4.78 is 33.7. The molecular weight excluding hydrogens is 629 g/mol. The van der Waals surface area contributed by atoms with Crippen LogP contribution in [0.4, 0.5) is 11.4 Å². The Bertz CT molecular complexity index is 1860. The monoisotopic (exact) mass is 660 g/mol. The van der Waals surface area contributed by atoms with Crippen molar-refractivity contribution in [3.05, 3.63) is 114 Å². The number of carbonyl (C=O) groups excluding carboxylic acids is 3. The number of amides is 3. The van der Waals surface area contributed by atoms with Crippen LogP contribution in [-0.4, -0.2) is 45.6 Å². The Morgan fingerprint density at radius 2 is 1.54 bits per heavy atom. The van der Waals surface area contributed by atoms with Gasteiger partial charge in [0.05, 0.1) is 24.4 Å². The van der Waals surface area contributed by atoms with Gasteiger partial charge in [-0.2, -0.15) is 0 Å². The minimum absolute atomic E-state index is 0.0420. The van der Waals surface area contributed by atoms with E-state index in [1.807, 2.05) is 0 Å². The summed E-state index contributed by atoms with van der Waals surface area (Å²) in [6, 6.07) is 26.0. The lowest BCUT2D eigenvalue weighted by molar-refractivity contribution is -0.115. The number of ether oxygens (including phenoxy) is 2. The van der Waals surface area contributed by atoms with Crippen molar-refractivity contribution in [1.29, 1.82) is 0 Å². The number of nitrogens with one attached hydrogen (secondary N) is 3. The predicted molar refractivity (Wildman–Crippen MR) is 178 cm³/mol. The van der Waals surface area contributed by atoms with Crippen LogP contribution in [0.25, 0.3) is 6.08 Å². The van der Waals surface area contributed by atoms with E-state index < -0.39 is 27.1 Å². The standard InChI is InChI=1S/C33H32N4O7S2/c1-21(31(38)35-24-12-15-28(16-13-24)46(34,41)42)45-27-11-7-10-25(20-27)36-33(40)29(37-32(39)22-8-5-4-6-9-22)19-23-18-26(43-2)14-17-30(23)44-3/h4-21H,1-3H3,(H,35,38)(H,36,40)(H,37,39)(H2,34,41,42)/b29-19+. The number of hydrogen-bond donors (Lipinski definition) is 4. The van der Waals surface area contributed by atoms with Crippen molar-refractivity contribution < 1.29 is 32.3 Å². The Balaban J connectivity index is 1.51. The minimum atomic E-state index is -3.85. The molecule has 0 aromatic heterocycles. The van der Waals surface area contributed by atoms with Crippen molar-refractivity contribution >= 4 is 57.0 Å². The number of benzene rings is 4. The van der Waals surface area contributed by atoms with E-state index in [4.69, 9.17) is 14.6 Å². The largest absolute Gasteiger partial charge is 0.497 e. The fourth-order valence-electron chi connectivity index (χ4n) is 4.13. The van der Waals surface area contributed by atoms with Crippen LogP contribution in [0, 0.1) is 0 Å². The first kappa shape index (κ1) is 33.8. The maximum atomic E-state index is 13.6. The number of carbonyl (C=O) groups is 3. The molecule has 0 radical (unpaired) electrons. The van der Waals surface area contributed by atoms with Gasteiger partial charge in [-0.1, -0.05) is 24.3 Å². The summed E-state index contributed by atoms with van der Waals surface area (Å²) in [6.45, 7) is 1.71. The van der Waals surface area contributed by atoms with Gasteiger partial charge in [-0.3, -0.25) is 14.4 Å². The molecule has 5 N–H and O–H groups in total. The molecule has 0 bridgehead atoms. The molecule has 0 aliphatic carbocycles. The molecule has 11 nitrogen and oxygen atoms in total. The Labute approximate surface area is 271 Å². The molecule has 0 heterocycles. The topological polar surface area (TPSA) is 166 Å². The van der Waals surface area contributed by atoms with Crippen molar-refractivity contribution in [3.8, 4) is 11.5 Å². The van der Waals surface area contributed by atoms with Gasteiger partial charge < -0.3 is 25.4 Å². The summed E-state index contributed by atoms with van der Waals surface area (Å²) in [4.78, 5) is 40.1. The second-order valence-electron chi connectivity index (χ2n) is 9.79. The molecule has 0 saturated heterocycles. The normalized spacial score (nSPS) is 12.0. The van der Waals surface area contributed by atoms with Gasteiger partial charge in [-0.05, 0) is 85.8 Å². The maximum Gasteiger partial charge on any atom is 0.272 e. The van der Waals surface area contributed by atoms with E-state index in [0.29, 0.717) is 38.9 Å². The molecule has 46 heavy (non-hydrogen) atoms. The number of sulfonamides is 1. The fraction of sp³-hybridized carbons (Fsp3) is 0.121. The second-order valence-corrected chi connectivity index (χ2v) is 12.8. The van der Waals surface area contributed by atoms with E-state index in [2.05, 4.69) is 16.0 Å². The average Bonchev–Trinajstić information content (AvgIpc) is 3.04. The Morgan fingerprint density at radius 3 is 2.20 bits per heavy atom. The summed E-state index contributed by atoms with van der Waals surface area (Å²) >= 11 is 1.25. The van der Waals surface area contributed by atoms with Crippen molar-refractivity contribution in [3.63, 3.8) is 0 Å².